The monoisotopic (exact) mass is 501 g/mol. The van der Waals surface area contributed by atoms with Gasteiger partial charge in [-0.15, -0.1) is 10.2 Å². The molecule has 162 valence electrons. The van der Waals surface area contributed by atoms with Crippen LogP contribution in [0.15, 0.2) is 40.1 Å². The van der Waals surface area contributed by atoms with Gasteiger partial charge in [-0.1, -0.05) is 59.7 Å². The minimum absolute atomic E-state index is 0.0543. The topological polar surface area (TPSA) is 72.4 Å². The van der Waals surface area contributed by atoms with Gasteiger partial charge in [0, 0.05) is 10.9 Å². The Balaban J connectivity index is 1.61. The van der Waals surface area contributed by atoms with Crippen LogP contribution >= 0.6 is 27.3 Å². The molecule has 5 rings (SSSR count). The normalized spacial score (nSPS) is 25.7. The summed E-state index contributed by atoms with van der Waals surface area (Å²) < 4.78 is 7.11. The quantitative estimate of drug-likeness (QED) is 0.589. The number of anilines is 1. The Morgan fingerprint density at radius 3 is 2.81 bits per heavy atom. The Bertz CT molecular complexity index is 1080. The van der Waals surface area contributed by atoms with Gasteiger partial charge in [-0.3, -0.25) is 14.5 Å². The van der Waals surface area contributed by atoms with Crippen molar-refractivity contribution in [2.24, 2.45) is 11.8 Å². The highest BCUT2D eigenvalue weighted by atomic mass is 79.9. The molecule has 0 radical (unpaired) electrons. The van der Waals surface area contributed by atoms with E-state index in [2.05, 4.69) is 40.0 Å². The molecular formula is C23H24BrN3O3S. The van der Waals surface area contributed by atoms with Crippen molar-refractivity contribution in [1.82, 2.24) is 10.2 Å². The number of ketones is 1. The van der Waals surface area contributed by atoms with Gasteiger partial charge < -0.3 is 4.74 Å². The van der Waals surface area contributed by atoms with E-state index in [1.165, 1.54) is 11.3 Å². The highest BCUT2D eigenvalue weighted by Gasteiger charge is 2.53. The zero-order valence-electron chi connectivity index (χ0n) is 17.5. The first-order valence-corrected chi connectivity index (χ1v) is 12.4. The maximum atomic E-state index is 13.6. The van der Waals surface area contributed by atoms with Crippen LogP contribution in [0.4, 0.5) is 5.13 Å². The van der Waals surface area contributed by atoms with Gasteiger partial charge in [-0.2, -0.15) is 0 Å². The maximum absolute atomic E-state index is 13.6. The summed E-state index contributed by atoms with van der Waals surface area (Å²) in [6, 6.07) is 7.21. The Kier molecular flexibility index (Phi) is 5.46. The molecule has 1 aliphatic carbocycles. The Labute approximate surface area is 193 Å². The first-order chi connectivity index (χ1) is 14.9. The molecule has 1 aromatic heterocycles. The predicted octanol–water partition coefficient (Wildman–Crippen LogP) is 5.00. The van der Waals surface area contributed by atoms with Crippen molar-refractivity contribution >= 4 is 44.1 Å². The van der Waals surface area contributed by atoms with E-state index < -0.39 is 6.04 Å². The van der Waals surface area contributed by atoms with Crippen LogP contribution in [0.3, 0.4) is 0 Å². The molecule has 1 amide bonds. The fraction of sp³-hybridized carbons (Fsp3) is 0.478. The van der Waals surface area contributed by atoms with Gasteiger partial charge in [0.05, 0.1) is 17.5 Å². The van der Waals surface area contributed by atoms with Crippen molar-refractivity contribution in [2.75, 3.05) is 4.90 Å². The molecule has 1 fully saturated rings. The van der Waals surface area contributed by atoms with Gasteiger partial charge in [0.2, 0.25) is 5.13 Å². The van der Waals surface area contributed by atoms with Crippen molar-refractivity contribution in [1.29, 1.82) is 0 Å². The molecule has 1 saturated carbocycles. The van der Waals surface area contributed by atoms with Crippen molar-refractivity contribution in [2.45, 2.75) is 58.1 Å². The van der Waals surface area contributed by atoms with Gasteiger partial charge in [-0.05, 0) is 42.9 Å². The van der Waals surface area contributed by atoms with E-state index in [-0.39, 0.29) is 29.5 Å². The van der Waals surface area contributed by atoms with Crippen molar-refractivity contribution in [3.63, 3.8) is 0 Å². The number of carbonyl (C=O) groups is 2. The third kappa shape index (κ3) is 3.63. The zero-order chi connectivity index (χ0) is 21.7. The average molecular weight is 502 g/mol. The van der Waals surface area contributed by atoms with E-state index >= 15 is 0 Å². The molecule has 8 heteroatoms. The lowest BCUT2D eigenvalue weighted by atomic mass is 9.77. The number of fused-ring (bicyclic) bond motifs is 1. The molecule has 31 heavy (non-hydrogen) atoms. The molecule has 0 bridgehead atoms. The Hall–Kier alpha value is -2.06. The third-order valence-corrected chi connectivity index (χ3v) is 7.61. The second-order valence-corrected chi connectivity index (χ2v) is 10.8. The molecule has 3 atom stereocenters. The molecule has 3 unspecified atom stereocenters. The van der Waals surface area contributed by atoms with E-state index in [4.69, 9.17) is 4.74 Å². The molecule has 2 aliphatic heterocycles. The van der Waals surface area contributed by atoms with E-state index in [1.54, 1.807) is 4.90 Å². The lowest BCUT2D eigenvalue weighted by Gasteiger charge is -2.35. The number of benzene rings is 1. The van der Waals surface area contributed by atoms with E-state index in [0.29, 0.717) is 16.6 Å². The van der Waals surface area contributed by atoms with Crippen LogP contribution in [-0.2, 0) is 20.7 Å². The molecule has 3 aliphatic rings. The minimum atomic E-state index is -0.546. The van der Waals surface area contributed by atoms with Gasteiger partial charge in [0.25, 0.3) is 5.91 Å². The SMILES string of the molecule is CC(C)Cc1nnc(N2C(=O)C3=C(C(=O)C4CCCCC4O3)C2c2cccc(Br)c2)s1. The number of hydrogen-bond donors (Lipinski definition) is 0. The van der Waals surface area contributed by atoms with Gasteiger partial charge >= 0.3 is 0 Å². The fourth-order valence-corrected chi connectivity index (χ4v) is 6.30. The number of rotatable bonds is 4. The van der Waals surface area contributed by atoms with Crippen molar-refractivity contribution in [3.8, 4) is 0 Å². The Morgan fingerprint density at radius 2 is 2.03 bits per heavy atom. The summed E-state index contributed by atoms with van der Waals surface area (Å²) in [6.07, 6.45) is 4.29. The lowest BCUT2D eigenvalue weighted by Crippen LogP contribution is -2.39. The summed E-state index contributed by atoms with van der Waals surface area (Å²) in [5.74, 6) is 0.248. The summed E-state index contributed by atoms with van der Waals surface area (Å²) in [6.45, 7) is 4.25. The molecule has 2 aromatic rings. The fourth-order valence-electron chi connectivity index (χ4n) is 4.81. The molecular weight excluding hydrogens is 478 g/mol. The molecule has 1 aromatic carbocycles. The number of carbonyl (C=O) groups excluding carboxylic acids is 2. The number of ether oxygens (including phenoxy) is 1. The van der Waals surface area contributed by atoms with Crippen LogP contribution in [0.2, 0.25) is 0 Å². The smallest absolute Gasteiger partial charge is 0.296 e. The molecule has 3 heterocycles. The number of hydrogen-bond acceptors (Lipinski definition) is 6. The largest absolute Gasteiger partial charge is 0.483 e. The molecule has 0 saturated heterocycles. The first-order valence-electron chi connectivity index (χ1n) is 10.8. The van der Waals surface area contributed by atoms with Crippen LogP contribution in [-0.4, -0.2) is 28.0 Å². The second kappa shape index (κ2) is 8.13. The summed E-state index contributed by atoms with van der Waals surface area (Å²) in [5, 5.41) is 10.1. The minimum Gasteiger partial charge on any atom is -0.483 e. The standard InChI is InChI=1S/C23H24BrN3O3S/c1-12(2)10-17-25-26-23(31-17)27-19(13-6-5-7-14(24)11-13)18-20(28)15-8-3-4-9-16(15)30-21(18)22(27)29/h5-7,11-12,15-16,19H,3-4,8-10H2,1-2H3. The predicted molar refractivity (Wildman–Crippen MR) is 122 cm³/mol. The first kappa shape index (κ1) is 20.8. The number of amides is 1. The average Bonchev–Trinajstić information content (AvgIpc) is 3.30. The number of nitrogens with zero attached hydrogens (tertiary/aromatic N) is 3. The van der Waals surface area contributed by atoms with Crippen LogP contribution in [0, 0.1) is 11.8 Å². The third-order valence-electron chi connectivity index (χ3n) is 6.17. The molecule has 0 N–H and O–H groups in total. The van der Waals surface area contributed by atoms with Crippen LogP contribution in [0.25, 0.3) is 0 Å². The van der Waals surface area contributed by atoms with E-state index in [9.17, 15) is 9.59 Å². The zero-order valence-corrected chi connectivity index (χ0v) is 19.9. The maximum Gasteiger partial charge on any atom is 0.296 e. The lowest BCUT2D eigenvalue weighted by molar-refractivity contribution is -0.131. The van der Waals surface area contributed by atoms with Crippen LogP contribution in [0.1, 0.15) is 56.1 Å². The van der Waals surface area contributed by atoms with Crippen LogP contribution in [0.5, 0.6) is 0 Å². The summed E-state index contributed by atoms with van der Waals surface area (Å²) in [7, 11) is 0. The van der Waals surface area contributed by atoms with Crippen LogP contribution < -0.4 is 4.90 Å². The number of halogens is 1. The van der Waals surface area contributed by atoms with Crippen molar-refractivity contribution < 1.29 is 14.3 Å². The number of aromatic nitrogens is 2. The summed E-state index contributed by atoms with van der Waals surface area (Å²) in [5.41, 5.74) is 1.34. The summed E-state index contributed by atoms with van der Waals surface area (Å²) in [4.78, 5) is 28.8. The Morgan fingerprint density at radius 1 is 1.23 bits per heavy atom. The van der Waals surface area contributed by atoms with Crippen molar-refractivity contribution in [3.05, 3.63) is 50.6 Å². The van der Waals surface area contributed by atoms with E-state index in [0.717, 1.165) is 47.1 Å². The second-order valence-electron chi connectivity index (χ2n) is 8.86. The highest BCUT2D eigenvalue weighted by molar-refractivity contribution is 9.10. The van der Waals surface area contributed by atoms with E-state index in [1.807, 2.05) is 24.3 Å². The van der Waals surface area contributed by atoms with Gasteiger partial charge in [-0.25, -0.2) is 0 Å². The highest BCUT2D eigenvalue weighted by Crippen LogP contribution is 2.49. The number of Topliss-reactive ketones (excluding diaryl/α,β-unsaturated/α-hetero) is 1. The van der Waals surface area contributed by atoms with Gasteiger partial charge in [0.1, 0.15) is 11.1 Å². The molecule has 6 nitrogen and oxygen atoms in total. The summed E-state index contributed by atoms with van der Waals surface area (Å²) >= 11 is 4.94. The van der Waals surface area contributed by atoms with Gasteiger partial charge in [0.15, 0.2) is 11.5 Å². The molecule has 0 spiro atoms.